The summed E-state index contributed by atoms with van der Waals surface area (Å²) in [5, 5.41) is 7.39. The van der Waals surface area contributed by atoms with Crippen molar-refractivity contribution < 1.29 is 4.52 Å². The second-order valence-corrected chi connectivity index (χ2v) is 5.11. The number of hydrogen-bond donors (Lipinski definition) is 1. The Hall–Kier alpha value is -0.900. The number of rotatable bonds is 5. The molecule has 2 atom stereocenters. The van der Waals surface area contributed by atoms with Crippen LogP contribution in [0.1, 0.15) is 57.7 Å². The van der Waals surface area contributed by atoms with Crippen molar-refractivity contribution in [3.63, 3.8) is 0 Å². The third-order valence-electron chi connectivity index (χ3n) is 3.79. The van der Waals surface area contributed by atoms with Gasteiger partial charge < -0.3 is 9.84 Å². The first-order valence-electron chi connectivity index (χ1n) is 6.12. The average molecular weight is 223 g/mol. The minimum absolute atomic E-state index is 0.197. The molecule has 1 saturated carbocycles. The van der Waals surface area contributed by atoms with Gasteiger partial charge in [-0.25, -0.2) is 0 Å². The van der Waals surface area contributed by atoms with Crippen molar-refractivity contribution >= 4 is 0 Å². The lowest BCUT2D eigenvalue weighted by molar-refractivity contribution is 0.322. The second-order valence-electron chi connectivity index (χ2n) is 5.11. The third kappa shape index (κ3) is 1.98. The van der Waals surface area contributed by atoms with E-state index >= 15 is 0 Å². The van der Waals surface area contributed by atoms with Crippen molar-refractivity contribution in [1.82, 2.24) is 15.5 Å². The molecular weight excluding hydrogens is 202 g/mol. The molecule has 4 heteroatoms. The molecule has 1 aliphatic carbocycles. The summed E-state index contributed by atoms with van der Waals surface area (Å²) in [6, 6.07) is 0.403. The van der Waals surface area contributed by atoms with Crippen molar-refractivity contribution in [1.29, 1.82) is 0 Å². The van der Waals surface area contributed by atoms with Gasteiger partial charge in [-0.3, -0.25) is 0 Å². The molecule has 0 spiro atoms. The van der Waals surface area contributed by atoms with Crippen LogP contribution in [-0.2, 0) is 5.41 Å². The third-order valence-corrected chi connectivity index (χ3v) is 3.79. The monoisotopic (exact) mass is 223 g/mol. The fourth-order valence-electron chi connectivity index (χ4n) is 2.06. The smallest absolute Gasteiger partial charge is 0.231 e. The standard InChI is InChI=1S/C12H21N3O/c1-5-9(13-4)8(2)10-14-11(15-16-10)12(3)6-7-12/h8-9,13H,5-7H2,1-4H3. The van der Waals surface area contributed by atoms with Gasteiger partial charge in [-0.05, 0) is 26.3 Å². The van der Waals surface area contributed by atoms with E-state index in [4.69, 9.17) is 4.52 Å². The normalized spacial score (nSPS) is 21.8. The van der Waals surface area contributed by atoms with E-state index in [1.807, 2.05) is 7.05 Å². The highest BCUT2D eigenvalue weighted by atomic mass is 16.5. The van der Waals surface area contributed by atoms with Crippen molar-refractivity contribution in [2.45, 2.75) is 57.4 Å². The van der Waals surface area contributed by atoms with E-state index in [0.717, 1.165) is 18.1 Å². The Balaban J connectivity index is 2.12. The van der Waals surface area contributed by atoms with Crippen LogP contribution in [-0.4, -0.2) is 23.2 Å². The predicted octanol–water partition coefficient (Wildman–Crippen LogP) is 2.22. The van der Waals surface area contributed by atoms with E-state index in [-0.39, 0.29) is 11.3 Å². The molecule has 1 fully saturated rings. The largest absolute Gasteiger partial charge is 0.339 e. The van der Waals surface area contributed by atoms with Crippen molar-refractivity contribution in [3.05, 3.63) is 11.7 Å². The van der Waals surface area contributed by atoms with Gasteiger partial charge in [0.1, 0.15) is 0 Å². The Labute approximate surface area is 96.8 Å². The minimum Gasteiger partial charge on any atom is -0.339 e. The molecule has 0 saturated heterocycles. The molecule has 0 amide bonds. The van der Waals surface area contributed by atoms with Crippen LogP contribution < -0.4 is 5.32 Å². The van der Waals surface area contributed by atoms with Gasteiger partial charge in [-0.15, -0.1) is 0 Å². The maximum atomic E-state index is 5.38. The molecule has 0 radical (unpaired) electrons. The molecule has 1 N–H and O–H groups in total. The van der Waals surface area contributed by atoms with Crippen LogP contribution in [0.2, 0.25) is 0 Å². The van der Waals surface area contributed by atoms with Gasteiger partial charge in [-0.1, -0.05) is 25.9 Å². The van der Waals surface area contributed by atoms with Crippen LogP contribution in [0.3, 0.4) is 0 Å². The molecule has 16 heavy (non-hydrogen) atoms. The molecule has 0 aliphatic heterocycles. The van der Waals surface area contributed by atoms with Gasteiger partial charge in [0, 0.05) is 11.5 Å². The first-order valence-corrected chi connectivity index (χ1v) is 6.12. The predicted molar refractivity (Wildman–Crippen MR) is 62.4 cm³/mol. The molecule has 90 valence electrons. The van der Waals surface area contributed by atoms with Crippen molar-refractivity contribution in [2.75, 3.05) is 7.05 Å². The summed E-state index contributed by atoms with van der Waals surface area (Å²) >= 11 is 0. The molecule has 1 aromatic rings. The van der Waals surface area contributed by atoms with Crippen LogP contribution in [0, 0.1) is 0 Å². The maximum Gasteiger partial charge on any atom is 0.231 e. The molecule has 1 aromatic heterocycles. The average Bonchev–Trinajstić information content (AvgIpc) is 2.85. The summed E-state index contributed by atoms with van der Waals surface area (Å²) in [6.07, 6.45) is 3.43. The van der Waals surface area contributed by atoms with Gasteiger partial charge in [0.05, 0.1) is 5.92 Å². The Kier molecular flexibility index (Phi) is 3.02. The highest BCUT2D eigenvalue weighted by molar-refractivity contribution is 5.15. The van der Waals surface area contributed by atoms with Gasteiger partial charge in [0.15, 0.2) is 5.82 Å². The van der Waals surface area contributed by atoms with E-state index in [9.17, 15) is 0 Å². The summed E-state index contributed by atoms with van der Waals surface area (Å²) in [7, 11) is 1.98. The van der Waals surface area contributed by atoms with Crippen LogP contribution in [0.5, 0.6) is 0 Å². The zero-order valence-corrected chi connectivity index (χ0v) is 10.6. The fraction of sp³-hybridized carbons (Fsp3) is 0.833. The number of nitrogens with one attached hydrogen (secondary N) is 1. The van der Waals surface area contributed by atoms with Gasteiger partial charge in [0.2, 0.25) is 5.89 Å². The van der Waals surface area contributed by atoms with Crippen LogP contribution in [0.25, 0.3) is 0 Å². The lowest BCUT2D eigenvalue weighted by Gasteiger charge is -2.18. The fourth-order valence-corrected chi connectivity index (χ4v) is 2.06. The zero-order valence-electron chi connectivity index (χ0n) is 10.6. The summed E-state index contributed by atoms with van der Waals surface area (Å²) in [6.45, 7) is 6.50. The topological polar surface area (TPSA) is 51.0 Å². The van der Waals surface area contributed by atoms with Crippen LogP contribution in [0.15, 0.2) is 4.52 Å². The number of hydrogen-bond acceptors (Lipinski definition) is 4. The van der Waals surface area contributed by atoms with E-state index in [1.165, 1.54) is 12.8 Å². The van der Waals surface area contributed by atoms with E-state index in [1.54, 1.807) is 0 Å². The minimum atomic E-state index is 0.197. The van der Waals surface area contributed by atoms with Gasteiger partial charge in [-0.2, -0.15) is 4.98 Å². The number of nitrogens with zero attached hydrogens (tertiary/aromatic N) is 2. The zero-order chi connectivity index (χ0) is 11.8. The number of likely N-dealkylation sites (N-methyl/N-ethyl adjacent to an activating group) is 1. The summed E-state index contributed by atoms with van der Waals surface area (Å²) in [5.41, 5.74) is 0.197. The van der Waals surface area contributed by atoms with Gasteiger partial charge in [0.25, 0.3) is 0 Å². The maximum absolute atomic E-state index is 5.38. The Morgan fingerprint density at radius 2 is 2.19 bits per heavy atom. The van der Waals surface area contributed by atoms with Crippen LogP contribution >= 0.6 is 0 Å². The lowest BCUT2D eigenvalue weighted by atomic mass is 10.00. The Morgan fingerprint density at radius 3 is 2.69 bits per heavy atom. The molecule has 2 rings (SSSR count). The molecular formula is C12H21N3O. The van der Waals surface area contributed by atoms with Crippen LogP contribution in [0.4, 0.5) is 0 Å². The van der Waals surface area contributed by atoms with Crippen molar-refractivity contribution in [3.8, 4) is 0 Å². The summed E-state index contributed by atoms with van der Waals surface area (Å²) < 4.78 is 5.38. The molecule has 2 unspecified atom stereocenters. The quantitative estimate of drug-likeness (QED) is 0.831. The summed E-state index contributed by atoms with van der Waals surface area (Å²) in [4.78, 5) is 4.54. The molecule has 0 bridgehead atoms. The molecule has 4 nitrogen and oxygen atoms in total. The highest BCUT2D eigenvalue weighted by Crippen LogP contribution is 2.46. The summed E-state index contributed by atoms with van der Waals surface area (Å²) in [5.74, 6) is 1.93. The SMILES string of the molecule is CCC(NC)C(C)c1nc(C2(C)CC2)no1. The first-order chi connectivity index (χ1) is 7.60. The Morgan fingerprint density at radius 1 is 1.50 bits per heavy atom. The van der Waals surface area contributed by atoms with E-state index < -0.39 is 0 Å². The van der Waals surface area contributed by atoms with Crippen molar-refractivity contribution in [2.24, 2.45) is 0 Å². The molecule has 0 aromatic carbocycles. The Bertz CT molecular complexity index is 353. The lowest BCUT2D eigenvalue weighted by Crippen LogP contribution is -2.30. The highest BCUT2D eigenvalue weighted by Gasteiger charge is 2.44. The number of aromatic nitrogens is 2. The molecule has 1 aliphatic rings. The second kappa shape index (κ2) is 4.17. The van der Waals surface area contributed by atoms with E-state index in [0.29, 0.717) is 6.04 Å². The molecule has 1 heterocycles. The van der Waals surface area contributed by atoms with Gasteiger partial charge >= 0.3 is 0 Å². The first kappa shape index (κ1) is 11.6. The van der Waals surface area contributed by atoms with E-state index in [2.05, 4.69) is 36.2 Å².